The summed E-state index contributed by atoms with van der Waals surface area (Å²) in [6, 6.07) is 2.00. The minimum Gasteiger partial charge on any atom is -0.397 e. The molecule has 0 radical (unpaired) electrons. The lowest BCUT2D eigenvalue weighted by molar-refractivity contribution is 0.0925. The molecule has 1 aromatic rings. The third-order valence-corrected chi connectivity index (χ3v) is 4.47. The molecular weight excluding hydrogens is 250 g/mol. The van der Waals surface area contributed by atoms with Crippen molar-refractivity contribution in [3.05, 3.63) is 18.0 Å². The predicted octanol–water partition coefficient (Wildman–Crippen LogP) is 3.21. The van der Waals surface area contributed by atoms with Crippen LogP contribution in [0.3, 0.4) is 0 Å². The predicted molar refractivity (Wildman–Crippen MR) is 82.7 cm³/mol. The Morgan fingerprint density at radius 1 is 1.45 bits per heavy atom. The molecule has 1 aliphatic carbocycles. The first-order valence-corrected chi connectivity index (χ1v) is 7.74. The first-order valence-electron chi connectivity index (χ1n) is 7.74. The van der Waals surface area contributed by atoms with Crippen molar-refractivity contribution in [2.75, 3.05) is 12.3 Å². The number of hydrogen-bond donors (Lipinski definition) is 2. The largest absolute Gasteiger partial charge is 0.397 e. The van der Waals surface area contributed by atoms with Crippen molar-refractivity contribution in [1.29, 1.82) is 0 Å². The van der Waals surface area contributed by atoms with Crippen LogP contribution < -0.4 is 11.1 Å². The number of carbonyl (C=O) groups excluding carboxylic acids is 1. The summed E-state index contributed by atoms with van der Waals surface area (Å²) < 4.78 is 1.94. The van der Waals surface area contributed by atoms with Gasteiger partial charge in [-0.15, -0.1) is 0 Å². The molecular formula is C16H27N3O. The molecule has 4 heteroatoms. The second-order valence-electron chi connectivity index (χ2n) is 6.39. The summed E-state index contributed by atoms with van der Waals surface area (Å²) in [4.78, 5) is 12.3. The fourth-order valence-corrected chi connectivity index (χ4v) is 3.12. The first-order chi connectivity index (χ1) is 9.49. The molecule has 1 amide bonds. The summed E-state index contributed by atoms with van der Waals surface area (Å²) >= 11 is 0. The van der Waals surface area contributed by atoms with Crippen LogP contribution in [0.1, 0.15) is 63.0 Å². The van der Waals surface area contributed by atoms with Crippen molar-refractivity contribution < 1.29 is 4.79 Å². The van der Waals surface area contributed by atoms with Crippen molar-refractivity contribution >= 4 is 11.6 Å². The Hall–Kier alpha value is -1.45. The SMILES string of the molecule is CC1CCCCC1CNC(=O)c1cc(N)cn1C(C)C. The number of nitrogen functional groups attached to an aromatic ring is 1. The Labute approximate surface area is 121 Å². The van der Waals surface area contributed by atoms with Crippen molar-refractivity contribution in [3.63, 3.8) is 0 Å². The molecule has 0 aliphatic heterocycles. The van der Waals surface area contributed by atoms with Gasteiger partial charge in [-0.05, 0) is 38.2 Å². The van der Waals surface area contributed by atoms with E-state index in [1.807, 2.05) is 10.8 Å². The van der Waals surface area contributed by atoms with Crippen LogP contribution in [-0.4, -0.2) is 17.0 Å². The fourth-order valence-electron chi connectivity index (χ4n) is 3.12. The fraction of sp³-hybridized carbons (Fsp3) is 0.688. The van der Waals surface area contributed by atoms with Crippen LogP contribution in [-0.2, 0) is 0 Å². The van der Waals surface area contributed by atoms with Crippen LogP contribution in [0.5, 0.6) is 0 Å². The highest BCUT2D eigenvalue weighted by Crippen LogP contribution is 2.29. The lowest BCUT2D eigenvalue weighted by Crippen LogP contribution is -2.34. The summed E-state index contributed by atoms with van der Waals surface area (Å²) in [5.41, 5.74) is 7.13. The standard InChI is InChI=1S/C16H27N3O/c1-11(2)19-10-14(17)8-15(19)16(20)18-9-13-7-5-4-6-12(13)3/h8,10-13H,4-7,9,17H2,1-3H3,(H,18,20). The third-order valence-electron chi connectivity index (χ3n) is 4.47. The molecule has 0 saturated heterocycles. The van der Waals surface area contributed by atoms with Crippen LogP contribution in [0, 0.1) is 11.8 Å². The van der Waals surface area contributed by atoms with Gasteiger partial charge in [0.15, 0.2) is 0 Å². The van der Waals surface area contributed by atoms with Crippen molar-refractivity contribution in [3.8, 4) is 0 Å². The number of rotatable bonds is 4. The number of carbonyl (C=O) groups is 1. The Bertz CT molecular complexity index is 464. The van der Waals surface area contributed by atoms with E-state index in [0.29, 0.717) is 23.2 Å². The van der Waals surface area contributed by atoms with E-state index < -0.39 is 0 Å². The van der Waals surface area contributed by atoms with Crippen LogP contribution in [0.25, 0.3) is 0 Å². The molecule has 2 unspecified atom stereocenters. The molecule has 2 atom stereocenters. The Balaban J connectivity index is 1.98. The van der Waals surface area contributed by atoms with Gasteiger partial charge in [0, 0.05) is 18.8 Å². The molecule has 1 saturated carbocycles. The first kappa shape index (κ1) is 14.9. The maximum absolute atomic E-state index is 12.3. The molecule has 1 fully saturated rings. The second-order valence-corrected chi connectivity index (χ2v) is 6.39. The number of amides is 1. The van der Waals surface area contributed by atoms with Gasteiger partial charge in [0.1, 0.15) is 5.69 Å². The lowest BCUT2D eigenvalue weighted by atomic mass is 9.80. The van der Waals surface area contributed by atoms with E-state index in [-0.39, 0.29) is 11.9 Å². The van der Waals surface area contributed by atoms with Gasteiger partial charge < -0.3 is 15.6 Å². The number of nitrogens with two attached hydrogens (primary N) is 1. The molecule has 1 aliphatic rings. The van der Waals surface area contributed by atoms with E-state index in [4.69, 9.17) is 5.73 Å². The topological polar surface area (TPSA) is 60.1 Å². The van der Waals surface area contributed by atoms with E-state index in [1.165, 1.54) is 25.7 Å². The molecule has 0 aromatic carbocycles. The minimum atomic E-state index is -0.00632. The van der Waals surface area contributed by atoms with E-state index in [2.05, 4.69) is 26.1 Å². The number of nitrogens with zero attached hydrogens (tertiary/aromatic N) is 1. The Kier molecular flexibility index (Phi) is 4.73. The van der Waals surface area contributed by atoms with Gasteiger partial charge in [0.05, 0.1) is 5.69 Å². The highest BCUT2D eigenvalue weighted by Gasteiger charge is 2.22. The van der Waals surface area contributed by atoms with Gasteiger partial charge in [0.2, 0.25) is 0 Å². The van der Waals surface area contributed by atoms with Crippen LogP contribution in [0.15, 0.2) is 12.3 Å². The van der Waals surface area contributed by atoms with E-state index >= 15 is 0 Å². The van der Waals surface area contributed by atoms with Gasteiger partial charge in [-0.3, -0.25) is 4.79 Å². The van der Waals surface area contributed by atoms with Crippen LogP contribution >= 0.6 is 0 Å². The second kappa shape index (κ2) is 6.33. The van der Waals surface area contributed by atoms with Crippen molar-refractivity contribution in [2.45, 2.75) is 52.5 Å². The number of nitrogens with one attached hydrogen (secondary N) is 1. The van der Waals surface area contributed by atoms with E-state index in [0.717, 1.165) is 6.54 Å². The molecule has 3 N–H and O–H groups in total. The summed E-state index contributed by atoms with van der Waals surface area (Å²) in [5, 5.41) is 3.09. The minimum absolute atomic E-state index is 0.00632. The zero-order valence-corrected chi connectivity index (χ0v) is 12.9. The maximum atomic E-state index is 12.3. The Morgan fingerprint density at radius 2 is 2.15 bits per heavy atom. The van der Waals surface area contributed by atoms with Gasteiger partial charge in [-0.2, -0.15) is 0 Å². The van der Waals surface area contributed by atoms with Crippen molar-refractivity contribution in [1.82, 2.24) is 9.88 Å². The van der Waals surface area contributed by atoms with Gasteiger partial charge >= 0.3 is 0 Å². The lowest BCUT2D eigenvalue weighted by Gasteiger charge is -2.28. The van der Waals surface area contributed by atoms with Crippen molar-refractivity contribution in [2.24, 2.45) is 11.8 Å². The van der Waals surface area contributed by atoms with E-state index in [1.54, 1.807) is 6.07 Å². The number of anilines is 1. The monoisotopic (exact) mass is 277 g/mol. The average molecular weight is 277 g/mol. The zero-order valence-electron chi connectivity index (χ0n) is 12.9. The highest BCUT2D eigenvalue weighted by molar-refractivity contribution is 5.93. The maximum Gasteiger partial charge on any atom is 0.268 e. The third kappa shape index (κ3) is 3.35. The van der Waals surface area contributed by atoms with Crippen LogP contribution in [0.2, 0.25) is 0 Å². The molecule has 2 rings (SSSR count). The van der Waals surface area contributed by atoms with Crippen LogP contribution in [0.4, 0.5) is 5.69 Å². The normalized spacial score (nSPS) is 23.0. The number of hydrogen-bond acceptors (Lipinski definition) is 2. The molecule has 1 heterocycles. The van der Waals surface area contributed by atoms with Gasteiger partial charge in [-0.25, -0.2) is 0 Å². The molecule has 0 spiro atoms. The summed E-state index contributed by atoms with van der Waals surface area (Å²) in [5.74, 6) is 1.33. The molecule has 112 valence electrons. The molecule has 20 heavy (non-hydrogen) atoms. The average Bonchev–Trinajstić information content (AvgIpc) is 2.80. The molecule has 1 aromatic heterocycles. The molecule has 4 nitrogen and oxygen atoms in total. The van der Waals surface area contributed by atoms with Gasteiger partial charge in [-0.1, -0.05) is 26.2 Å². The Morgan fingerprint density at radius 3 is 2.80 bits per heavy atom. The summed E-state index contributed by atoms with van der Waals surface area (Å²) in [6.07, 6.45) is 6.98. The zero-order chi connectivity index (χ0) is 14.7. The smallest absolute Gasteiger partial charge is 0.268 e. The summed E-state index contributed by atoms with van der Waals surface area (Å²) in [7, 11) is 0. The van der Waals surface area contributed by atoms with Gasteiger partial charge in [0.25, 0.3) is 5.91 Å². The number of aromatic nitrogens is 1. The quantitative estimate of drug-likeness (QED) is 0.887. The highest BCUT2D eigenvalue weighted by atomic mass is 16.1. The molecule has 0 bridgehead atoms. The summed E-state index contributed by atoms with van der Waals surface area (Å²) in [6.45, 7) is 7.19. The van der Waals surface area contributed by atoms with E-state index in [9.17, 15) is 4.79 Å².